The SMILES string of the molecule is CCN1C(=O)/C(=C/c2cccn2-c2cccc(Br)c2)SC1=Nc1cccc(C(=O)O)c1. The average Bonchev–Trinajstić information content (AvgIpc) is 3.33. The summed E-state index contributed by atoms with van der Waals surface area (Å²) in [5.74, 6) is -1.14. The number of carbonyl (C=O) groups excluding carboxylic acids is 1. The van der Waals surface area contributed by atoms with Crippen LogP contribution in [0.25, 0.3) is 11.8 Å². The molecule has 8 heteroatoms. The van der Waals surface area contributed by atoms with Crippen molar-refractivity contribution in [1.29, 1.82) is 0 Å². The molecule has 1 aliphatic rings. The summed E-state index contributed by atoms with van der Waals surface area (Å²) in [7, 11) is 0. The number of likely N-dealkylation sites (N-methyl/N-ethyl adjacent to an activating group) is 1. The lowest BCUT2D eigenvalue weighted by Gasteiger charge is -2.12. The molecule has 4 rings (SSSR count). The summed E-state index contributed by atoms with van der Waals surface area (Å²) in [6, 6.07) is 18.2. The number of amidine groups is 1. The number of carboxylic acids is 1. The summed E-state index contributed by atoms with van der Waals surface area (Å²) in [5, 5.41) is 9.73. The highest BCUT2D eigenvalue weighted by Crippen LogP contribution is 2.34. The van der Waals surface area contributed by atoms with Gasteiger partial charge in [-0.15, -0.1) is 0 Å². The first-order valence-corrected chi connectivity index (χ1v) is 11.1. The molecule has 1 amide bonds. The van der Waals surface area contributed by atoms with Crippen molar-refractivity contribution in [2.75, 3.05) is 6.54 Å². The van der Waals surface area contributed by atoms with E-state index in [4.69, 9.17) is 0 Å². The highest BCUT2D eigenvalue weighted by atomic mass is 79.9. The van der Waals surface area contributed by atoms with Crippen LogP contribution in [0.4, 0.5) is 5.69 Å². The molecule has 1 fully saturated rings. The van der Waals surface area contributed by atoms with E-state index in [1.165, 1.54) is 23.9 Å². The fourth-order valence-electron chi connectivity index (χ4n) is 3.20. The molecule has 1 saturated heterocycles. The Bertz CT molecular complexity index is 1230. The number of thioether (sulfide) groups is 1. The van der Waals surface area contributed by atoms with Crippen molar-refractivity contribution in [1.82, 2.24) is 9.47 Å². The number of carbonyl (C=O) groups is 2. The van der Waals surface area contributed by atoms with Gasteiger partial charge in [0.1, 0.15) is 0 Å². The van der Waals surface area contributed by atoms with E-state index in [0.29, 0.717) is 22.3 Å². The number of rotatable bonds is 5. The summed E-state index contributed by atoms with van der Waals surface area (Å²) in [6.45, 7) is 2.35. The van der Waals surface area contributed by atoms with Gasteiger partial charge in [-0.05, 0) is 73.3 Å². The second-order valence-corrected chi connectivity index (χ2v) is 8.62. The zero-order valence-corrected chi connectivity index (χ0v) is 18.9. The highest BCUT2D eigenvalue weighted by molar-refractivity contribution is 9.10. The first-order chi connectivity index (χ1) is 15.0. The number of aromatic nitrogens is 1. The Hall–Kier alpha value is -3.10. The smallest absolute Gasteiger partial charge is 0.335 e. The lowest BCUT2D eigenvalue weighted by molar-refractivity contribution is -0.122. The van der Waals surface area contributed by atoms with Crippen molar-refractivity contribution in [3.63, 3.8) is 0 Å². The molecule has 0 radical (unpaired) electrons. The Kier molecular flexibility index (Phi) is 6.11. The molecule has 0 bridgehead atoms. The number of nitrogens with zero attached hydrogens (tertiary/aromatic N) is 3. The fourth-order valence-corrected chi connectivity index (χ4v) is 4.63. The van der Waals surface area contributed by atoms with Gasteiger partial charge in [-0.1, -0.05) is 28.1 Å². The number of aliphatic imine (C=N–C) groups is 1. The van der Waals surface area contributed by atoms with Crippen LogP contribution in [0.15, 0.2) is 81.2 Å². The lowest BCUT2D eigenvalue weighted by atomic mass is 10.2. The van der Waals surface area contributed by atoms with Gasteiger partial charge < -0.3 is 9.67 Å². The van der Waals surface area contributed by atoms with E-state index in [2.05, 4.69) is 20.9 Å². The van der Waals surface area contributed by atoms with Gasteiger partial charge in [-0.3, -0.25) is 9.69 Å². The zero-order valence-electron chi connectivity index (χ0n) is 16.5. The molecule has 31 heavy (non-hydrogen) atoms. The molecule has 1 N–H and O–H groups in total. The van der Waals surface area contributed by atoms with Gasteiger partial charge in [-0.25, -0.2) is 9.79 Å². The monoisotopic (exact) mass is 495 g/mol. The number of carboxylic acid groups (broad SMARTS) is 1. The quantitative estimate of drug-likeness (QED) is 0.470. The van der Waals surface area contributed by atoms with E-state index in [1.807, 2.05) is 60.2 Å². The van der Waals surface area contributed by atoms with Crippen LogP contribution in [-0.2, 0) is 4.79 Å². The maximum absolute atomic E-state index is 13.0. The number of halogens is 1. The van der Waals surface area contributed by atoms with Gasteiger partial charge in [0.2, 0.25) is 0 Å². The summed E-state index contributed by atoms with van der Waals surface area (Å²) in [4.78, 5) is 30.9. The van der Waals surface area contributed by atoms with Crippen LogP contribution in [0.2, 0.25) is 0 Å². The molecular formula is C23H18BrN3O3S. The number of hydrogen-bond acceptors (Lipinski definition) is 4. The Morgan fingerprint density at radius 2 is 1.97 bits per heavy atom. The van der Waals surface area contributed by atoms with Crippen LogP contribution >= 0.6 is 27.7 Å². The van der Waals surface area contributed by atoms with Crippen molar-refractivity contribution < 1.29 is 14.7 Å². The second-order valence-electron chi connectivity index (χ2n) is 6.69. The van der Waals surface area contributed by atoms with E-state index in [0.717, 1.165) is 15.9 Å². The van der Waals surface area contributed by atoms with E-state index in [-0.39, 0.29) is 11.5 Å². The summed E-state index contributed by atoms with van der Waals surface area (Å²) < 4.78 is 2.98. The van der Waals surface area contributed by atoms with Crippen LogP contribution in [0.3, 0.4) is 0 Å². The van der Waals surface area contributed by atoms with Crippen LogP contribution < -0.4 is 0 Å². The third kappa shape index (κ3) is 4.50. The van der Waals surface area contributed by atoms with Crippen LogP contribution in [0.1, 0.15) is 23.0 Å². The summed E-state index contributed by atoms with van der Waals surface area (Å²) in [6.07, 6.45) is 3.80. The topological polar surface area (TPSA) is 74.9 Å². The molecule has 1 aromatic heterocycles. The fraction of sp³-hybridized carbons (Fsp3) is 0.0870. The third-order valence-corrected chi connectivity index (χ3v) is 6.17. The van der Waals surface area contributed by atoms with Crippen LogP contribution in [0, 0.1) is 0 Å². The average molecular weight is 496 g/mol. The number of benzene rings is 2. The maximum Gasteiger partial charge on any atom is 0.335 e. The standard InChI is InChI=1S/C23H18BrN3O3S/c1-2-26-21(28)20(31-23(26)25-17-8-3-6-15(12-17)22(29)30)14-19-10-5-11-27(19)18-9-4-7-16(24)13-18/h3-14H,2H2,1H3,(H,29,30)/b20-14-,25-23?. The van der Waals surface area contributed by atoms with Crippen LogP contribution in [-0.4, -0.2) is 38.2 Å². The van der Waals surface area contributed by atoms with Gasteiger partial charge in [0.25, 0.3) is 5.91 Å². The zero-order chi connectivity index (χ0) is 22.0. The normalized spacial score (nSPS) is 16.5. The van der Waals surface area contributed by atoms with E-state index in [1.54, 1.807) is 17.0 Å². The van der Waals surface area contributed by atoms with Crippen molar-refractivity contribution in [3.8, 4) is 5.69 Å². The molecule has 2 aromatic carbocycles. The molecule has 156 valence electrons. The third-order valence-electron chi connectivity index (χ3n) is 4.67. The Balaban J connectivity index is 1.68. The van der Waals surface area contributed by atoms with E-state index >= 15 is 0 Å². The molecule has 1 aliphatic heterocycles. The number of aromatic carboxylic acids is 1. The molecule has 2 heterocycles. The highest BCUT2D eigenvalue weighted by Gasteiger charge is 2.32. The number of hydrogen-bond donors (Lipinski definition) is 1. The second kappa shape index (κ2) is 8.95. The molecule has 0 atom stereocenters. The predicted molar refractivity (Wildman–Crippen MR) is 127 cm³/mol. The minimum absolute atomic E-state index is 0.123. The van der Waals surface area contributed by atoms with Gasteiger partial charge in [0.15, 0.2) is 5.17 Å². The van der Waals surface area contributed by atoms with Gasteiger partial charge in [0.05, 0.1) is 16.2 Å². The molecular weight excluding hydrogens is 478 g/mol. The van der Waals surface area contributed by atoms with Gasteiger partial charge >= 0.3 is 5.97 Å². The minimum Gasteiger partial charge on any atom is -0.478 e. The van der Waals surface area contributed by atoms with Crippen LogP contribution in [0.5, 0.6) is 0 Å². The Morgan fingerprint density at radius 1 is 1.16 bits per heavy atom. The van der Waals surface area contributed by atoms with Crippen molar-refractivity contribution in [3.05, 3.63) is 87.5 Å². The first-order valence-electron chi connectivity index (χ1n) is 9.53. The van der Waals surface area contributed by atoms with Gasteiger partial charge in [-0.2, -0.15) is 0 Å². The van der Waals surface area contributed by atoms with Crippen molar-refractivity contribution >= 4 is 56.5 Å². The van der Waals surface area contributed by atoms with Crippen molar-refractivity contribution in [2.24, 2.45) is 4.99 Å². The number of amides is 1. The van der Waals surface area contributed by atoms with E-state index in [9.17, 15) is 14.7 Å². The molecule has 0 spiro atoms. The summed E-state index contributed by atoms with van der Waals surface area (Å²) >= 11 is 4.78. The molecule has 0 aliphatic carbocycles. The first kappa shape index (κ1) is 21.1. The minimum atomic E-state index is -1.02. The molecule has 0 unspecified atom stereocenters. The molecule has 3 aromatic rings. The Morgan fingerprint density at radius 3 is 2.71 bits per heavy atom. The van der Waals surface area contributed by atoms with Gasteiger partial charge in [0, 0.05) is 28.6 Å². The molecule has 0 saturated carbocycles. The predicted octanol–water partition coefficient (Wildman–Crippen LogP) is 5.56. The lowest BCUT2D eigenvalue weighted by Crippen LogP contribution is -2.28. The van der Waals surface area contributed by atoms with E-state index < -0.39 is 5.97 Å². The Labute approximate surface area is 192 Å². The largest absolute Gasteiger partial charge is 0.478 e. The molecule has 6 nitrogen and oxygen atoms in total. The summed E-state index contributed by atoms with van der Waals surface area (Å²) in [5.41, 5.74) is 2.50. The maximum atomic E-state index is 13.0. The van der Waals surface area contributed by atoms with Crippen molar-refractivity contribution in [2.45, 2.75) is 6.92 Å².